The van der Waals surface area contributed by atoms with Crippen LogP contribution in [-0.4, -0.2) is 21.1 Å². The first-order chi connectivity index (χ1) is 9.54. The molecule has 0 aliphatic heterocycles. The SMILES string of the molecule is C#CCN(N)c1nc(C)n(-c2ccccc2Cl)c(=O)n1. The zero-order chi connectivity index (χ0) is 14.7. The van der Waals surface area contributed by atoms with Crippen molar-refractivity contribution >= 4 is 17.5 Å². The van der Waals surface area contributed by atoms with Crippen molar-refractivity contribution in [3.63, 3.8) is 0 Å². The number of hydrogen-bond donors (Lipinski definition) is 1. The standard InChI is InChI=1S/C13H12ClN5O/c1-3-8-18(15)12-16-9(2)19(13(20)17-12)11-7-5-4-6-10(11)14/h1,4-7H,8,15H2,2H3. The summed E-state index contributed by atoms with van der Waals surface area (Å²) < 4.78 is 1.32. The van der Waals surface area contributed by atoms with Crippen molar-refractivity contribution in [2.24, 2.45) is 5.84 Å². The average Bonchev–Trinajstić information content (AvgIpc) is 2.40. The zero-order valence-electron chi connectivity index (χ0n) is 10.7. The fraction of sp³-hybridized carbons (Fsp3) is 0.154. The lowest BCUT2D eigenvalue weighted by atomic mass is 10.3. The number of terminal acetylenes is 1. The first-order valence-corrected chi connectivity index (χ1v) is 6.10. The minimum Gasteiger partial charge on any atom is -0.266 e. The number of benzene rings is 1. The van der Waals surface area contributed by atoms with E-state index in [9.17, 15) is 4.79 Å². The van der Waals surface area contributed by atoms with Crippen molar-refractivity contribution in [3.8, 4) is 18.0 Å². The van der Waals surface area contributed by atoms with Crippen LogP contribution in [-0.2, 0) is 0 Å². The van der Waals surface area contributed by atoms with E-state index < -0.39 is 5.69 Å². The molecule has 0 amide bonds. The molecule has 20 heavy (non-hydrogen) atoms. The molecule has 2 rings (SSSR count). The van der Waals surface area contributed by atoms with Gasteiger partial charge in [-0.25, -0.2) is 15.2 Å². The van der Waals surface area contributed by atoms with E-state index in [1.165, 1.54) is 4.57 Å². The Morgan fingerprint density at radius 3 is 2.75 bits per heavy atom. The molecule has 2 aromatic rings. The highest BCUT2D eigenvalue weighted by Gasteiger charge is 2.13. The summed E-state index contributed by atoms with van der Waals surface area (Å²) in [5, 5.41) is 1.56. The molecular formula is C13H12ClN5O. The highest BCUT2D eigenvalue weighted by atomic mass is 35.5. The topological polar surface area (TPSA) is 77.0 Å². The van der Waals surface area contributed by atoms with Crippen molar-refractivity contribution in [1.82, 2.24) is 14.5 Å². The largest absolute Gasteiger partial charge is 0.356 e. The second-order valence-electron chi connectivity index (χ2n) is 3.97. The third kappa shape index (κ3) is 2.64. The number of aryl methyl sites for hydroxylation is 1. The van der Waals surface area contributed by atoms with Crippen molar-refractivity contribution in [3.05, 3.63) is 45.6 Å². The summed E-state index contributed by atoms with van der Waals surface area (Å²) in [4.78, 5) is 20.1. The number of halogens is 1. The van der Waals surface area contributed by atoms with Crippen LogP contribution in [0.2, 0.25) is 5.02 Å². The van der Waals surface area contributed by atoms with E-state index in [2.05, 4.69) is 15.9 Å². The molecule has 0 radical (unpaired) electrons. The highest BCUT2D eigenvalue weighted by Crippen LogP contribution is 2.19. The van der Waals surface area contributed by atoms with Crippen molar-refractivity contribution in [2.45, 2.75) is 6.92 Å². The second kappa shape index (κ2) is 5.74. The van der Waals surface area contributed by atoms with Gasteiger partial charge in [0.25, 0.3) is 0 Å². The summed E-state index contributed by atoms with van der Waals surface area (Å²) in [6.45, 7) is 1.77. The summed E-state index contributed by atoms with van der Waals surface area (Å²) in [7, 11) is 0. The average molecular weight is 290 g/mol. The maximum atomic E-state index is 12.1. The normalized spacial score (nSPS) is 10.1. The quantitative estimate of drug-likeness (QED) is 0.516. The molecule has 7 heteroatoms. The minimum absolute atomic E-state index is 0.0775. The van der Waals surface area contributed by atoms with Gasteiger partial charge in [-0.2, -0.15) is 9.97 Å². The van der Waals surface area contributed by atoms with Gasteiger partial charge in [-0.05, 0) is 19.1 Å². The van der Waals surface area contributed by atoms with Gasteiger partial charge in [-0.3, -0.25) is 5.01 Å². The molecule has 0 aliphatic rings. The molecule has 1 aromatic heterocycles. The van der Waals surface area contributed by atoms with E-state index in [1.54, 1.807) is 31.2 Å². The number of hydrogen-bond acceptors (Lipinski definition) is 5. The molecule has 0 fully saturated rings. The Morgan fingerprint density at radius 2 is 2.15 bits per heavy atom. The lowest BCUT2D eigenvalue weighted by molar-refractivity contribution is 0.771. The van der Waals surface area contributed by atoms with Crippen LogP contribution >= 0.6 is 11.6 Å². The molecular weight excluding hydrogens is 278 g/mol. The van der Waals surface area contributed by atoms with Gasteiger partial charge in [0.1, 0.15) is 5.82 Å². The summed E-state index contributed by atoms with van der Waals surface area (Å²) in [6, 6.07) is 6.94. The first kappa shape index (κ1) is 14.1. The van der Waals surface area contributed by atoms with Crippen LogP contribution in [0.1, 0.15) is 5.82 Å². The lowest BCUT2D eigenvalue weighted by Gasteiger charge is -2.15. The van der Waals surface area contributed by atoms with Crippen LogP contribution in [0.25, 0.3) is 5.69 Å². The van der Waals surface area contributed by atoms with E-state index in [0.29, 0.717) is 16.5 Å². The molecule has 0 aliphatic carbocycles. The number of rotatable bonds is 3. The second-order valence-corrected chi connectivity index (χ2v) is 4.38. The molecule has 1 heterocycles. The molecule has 0 atom stereocenters. The van der Waals surface area contributed by atoms with E-state index in [1.807, 2.05) is 0 Å². The number of anilines is 1. The fourth-order valence-electron chi connectivity index (χ4n) is 1.70. The Labute approximate surface area is 120 Å². The number of nitrogens with zero attached hydrogens (tertiary/aromatic N) is 4. The van der Waals surface area contributed by atoms with Gasteiger partial charge < -0.3 is 0 Å². The van der Waals surface area contributed by atoms with Crippen LogP contribution in [0.15, 0.2) is 29.1 Å². The Kier molecular flexibility index (Phi) is 4.03. The maximum absolute atomic E-state index is 12.1. The number of hydrazine groups is 1. The van der Waals surface area contributed by atoms with Gasteiger partial charge in [0.15, 0.2) is 0 Å². The first-order valence-electron chi connectivity index (χ1n) is 5.73. The fourth-order valence-corrected chi connectivity index (χ4v) is 1.92. The lowest BCUT2D eigenvalue weighted by Crippen LogP contribution is -2.37. The molecule has 0 unspecified atom stereocenters. The summed E-state index contributed by atoms with van der Waals surface area (Å²) >= 11 is 6.08. The molecule has 0 spiro atoms. The molecule has 0 saturated heterocycles. The molecule has 1 aromatic carbocycles. The molecule has 0 bridgehead atoms. The summed E-state index contributed by atoms with van der Waals surface area (Å²) in [6.07, 6.45) is 5.16. The number of para-hydroxylation sites is 1. The van der Waals surface area contributed by atoms with Gasteiger partial charge in [0.2, 0.25) is 5.95 Å². The Balaban J connectivity index is 2.56. The third-order valence-corrected chi connectivity index (χ3v) is 2.90. The van der Waals surface area contributed by atoms with E-state index >= 15 is 0 Å². The van der Waals surface area contributed by atoms with Crippen LogP contribution in [0.4, 0.5) is 5.95 Å². The Morgan fingerprint density at radius 1 is 1.45 bits per heavy atom. The van der Waals surface area contributed by atoms with E-state index in [-0.39, 0.29) is 12.5 Å². The van der Waals surface area contributed by atoms with Crippen LogP contribution in [0, 0.1) is 19.3 Å². The predicted octanol–water partition coefficient (Wildman–Crippen LogP) is 0.903. The zero-order valence-corrected chi connectivity index (χ0v) is 11.5. The number of aromatic nitrogens is 3. The molecule has 6 nitrogen and oxygen atoms in total. The minimum atomic E-state index is -0.520. The molecule has 2 N–H and O–H groups in total. The van der Waals surface area contributed by atoms with Crippen LogP contribution in [0.3, 0.4) is 0 Å². The predicted molar refractivity (Wildman–Crippen MR) is 77.7 cm³/mol. The Hall–Kier alpha value is -2.36. The third-order valence-electron chi connectivity index (χ3n) is 2.58. The van der Waals surface area contributed by atoms with Crippen LogP contribution in [0.5, 0.6) is 0 Å². The van der Waals surface area contributed by atoms with Crippen LogP contribution < -0.4 is 16.5 Å². The summed E-state index contributed by atoms with van der Waals surface area (Å²) in [5.41, 5.74) is -0.00295. The monoisotopic (exact) mass is 289 g/mol. The van der Waals surface area contributed by atoms with Crippen molar-refractivity contribution in [1.29, 1.82) is 0 Å². The van der Waals surface area contributed by atoms with Gasteiger partial charge in [0, 0.05) is 0 Å². The highest BCUT2D eigenvalue weighted by molar-refractivity contribution is 6.32. The maximum Gasteiger partial charge on any atom is 0.356 e. The molecule has 0 saturated carbocycles. The van der Waals surface area contributed by atoms with Gasteiger partial charge in [-0.1, -0.05) is 29.7 Å². The van der Waals surface area contributed by atoms with E-state index in [4.69, 9.17) is 23.9 Å². The molecule has 102 valence electrons. The Bertz CT molecular complexity index is 734. The number of nitrogens with two attached hydrogens (primary N) is 1. The van der Waals surface area contributed by atoms with Gasteiger partial charge in [0.05, 0.1) is 17.3 Å². The van der Waals surface area contributed by atoms with Gasteiger partial charge >= 0.3 is 5.69 Å². The van der Waals surface area contributed by atoms with Crippen molar-refractivity contribution < 1.29 is 0 Å². The summed E-state index contributed by atoms with van der Waals surface area (Å²) in [5.74, 6) is 8.50. The van der Waals surface area contributed by atoms with Gasteiger partial charge in [-0.15, -0.1) is 6.42 Å². The van der Waals surface area contributed by atoms with Crippen molar-refractivity contribution in [2.75, 3.05) is 11.6 Å². The van der Waals surface area contributed by atoms with E-state index in [0.717, 1.165) is 5.01 Å². The smallest absolute Gasteiger partial charge is 0.266 e.